The number of rotatable bonds is 5. The molecule has 5 nitrogen and oxygen atoms in total. The number of carbonyl (C=O) groups excluding carboxylic acids is 2. The average molecular weight is 312 g/mol. The number of hydrogen-bond acceptors (Lipinski definition) is 3. The zero-order valence-electron chi connectivity index (χ0n) is 13.5. The van der Waals surface area contributed by atoms with E-state index in [9.17, 15) is 9.59 Å². The van der Waals surface area contributed by atoms with Crippen LogP contribution in [0.1, 0.15) is 15.9 Å². The molecule has 0 saturated heterocycles. The average Bonchev–Trinajstić information content (AvgIpc) is 2.54. The van der Waals surface area contributed by atoms with Gasteiger partial charge in [-0.2, -0.15) is 0 Å². The van der Waals surface area contributed by atoms with Crippen molar-refractivity contribution in [3.05, 3.63) is 59.7 Å². The van der Waals surface area contributed by atoms with Gasteiger partial charge >= 0.3 is 0 Å². The zero-order valence-corrected chi connectivity index (χ0v) is 13.5. The molecule has 0 unspecified atom stereocenters. The molecule has 120 valence electrons. The van der Waals surface area contributed by atoms with Gasteiger partial charge in [0.05, 0.1) is 13.7 Å². The Morgan fingerprint density at radius 2 is 1.87 bits per heavy atom. The Kier molecular flexibility index (Phi) is 5.36. The standard InChI is InChI=1S/C18H20N2O3/c1-13-6-4-7-14(10-13)18(22)20(2)12-17(21)19-15-8-5-9-16(11-15)23-3/h4-11H,12H2,1-3H3,(H,19,21). The summed E-state index contributed by atoms with van der Waals surface area (Å²) >= 11 is 0. The predicted octanol–water partition coefficient (Wildman–Crippen LogP) is 2.71. The lowest BCUT2D eigenvalue weighted by Gasteiger charge is -2.17. The maximum Gasteiger partial charge on any atom is 0.254 e. The van der Waals surface area contributed by atoms with Crippen molar-refractivity contribution < 1.29 is 14.3 Å². The molecule has 0 aromatic heterocycles. The Morgan fingerprint density at radius 1 is 1.13 bits per heavy atom. The van der Waals surface area contributed by atoms with Gasteiger partial charge in [0.1, 0.15) is 5.75 Å². The smallest absolute Gasteiger partial charge is 0.254 e. The molecule has 0 heterocycles. The van der Waals surface area contributed by atoms with Crippen molar-refractivity contribution in [2.24, 2.45) is 0 Å². The second-order valence-electron chi connectivity index (χ2n) is 5.31. The van der Waals surface area contributed by atoms with E-state index in [1.54, 1.807) is 50.6 Å². The second-order valence-corrected chi connectivity index (χ2v) is 5.31. The van der Waals surface area contributed by atoms with E-state index in [1.807, 2.05) is 19.1 Å². The summed E-state index contributed by atoms with van der Waals surface area (Å²) in [5.74, 6) is 0.211. The molecule has 2 rings (SSSR count). The van der Waals surface area contributed by atoms with E-state index < -0.39 is 0 Å². The highest BCUT2D eigenvalue weighted by Crippen LogP contribution is 2.16. The van der Waals surface area contributed by atoms with Crippen LogP contribution in [0.25, 0.3) is 0 Å². The first-order valence-electron chi connectivity index (χ1n) is 7.25. The van der Waals surface area contributed by atoms with Gasteiger partial charge < -0.3 is 15.0 Å². The van der Waals surface area contributed by atoms with E-state index in [4.69, 9.17) is 4.74 Å². The maximum absolute atomic E-state index is 12.3. The van der Waals surface area contributed by atoms with Gasteiger partial charge in [0, 0.05) is 24.4 Å². The third-order valence-corrected chi connectivity index (χ3v) is 3.35. The zero-order chi connectivity index (χ0) is 16.8. The van der Waals surface area contributed by atoms with E-state index in [-0.39, 0.29) is 18.4 Å². The lowest BCUT2D eigenvalue weighted by atomic mass is 10.1. The van der Waals surface area contributed by atoms with Crippen molar-refractivity contribution in [2.75, 3.05) is 26.0 Å². The van der Waals surface area contributed by atoms with Crippen molar-refractivity contribution in [3.8, 4) is 5.75 Å². The summed E-state index contributed by atoms with van der Waals surface area (Å²) in [6.45, 7) is 1.90. The monoisotopic (exact) mass is 312 g/mol. The molecule has 0 bridgehead atoms. The van der Waals surface area contributed by atoms with Crippen LogP contribution in [0.15, 0.2) is 48.5 Å². The molecule has 0 aliphatic carbocycles. The number of carbonyl (C=O) groups is 2. The number of benzene rings is 2. The van der Waals surface area contributed by atoms with E-state index in [0.29, 0.717) is 17.0 Å². The van der Waals surface area contributed by atoms with Crippen LogP contribution in [0.4, 0.5) is 5.69 Å². The molecule has 2 aromatic carbocycles. The molecule has 0 fully saturated rings. The fourth-order valence-corrected chi connectivity index (χ4v) is 2.19. The van der Waals surface area contributed by atoms with Gasteiger partial charge in [-0.1, -0.05) is 23.8 Å². The molecule has 0 spiro atoms. The number of methoxy groups -OCH3 is 1. The molecule has 5 heteroatoms. The lowest BCUT2D eigenvalue weighted by Crippen LogP contribution is -2.34. The fourth-order valence-electron chi connectivity index (χ4n) is 2.19. The second kappa shape index (κ2) is 7.45. The van der Waals surface area contributed by atoms with Gasteiger partial charge in [0.25, 0.3) is 5.91 Å². The van der Waals surface area contributed by atoms with Crippen molar-refractivity contribution in [1.82, 2.24) is 4.90 Å². The summed E-state index contributed by atoms with van der Waals surface area (Å²) < 4.78 is 5.11. The summed E-state index contributed by atoms with van der Waals surface area (Å²) in [7, 11) is 3.17. The molecule has 0 saturated carbocycles. The summed E-state index contributed by atoms with van der Waals surface area (Å²) in [5.41, 5.74) is 2.21. The summed E-state index contributed by atoms with van der Waals surface area (Å²) in [5, 5.41) is 2.75. The normalized spacial score (nSPS) is 10.0. The Balaban J connectivity index is 1.97. The number of hydrogen-bond donors (Lipinski definition) is 1. The number of ether oxygens (including phenoxy) is 1. The minimum atomic E-state index is -0.262. The van der Waals surface area contributed by atoms with Crippen LogP contribution < -0.4 is 10.1 Å². The number of likely N-dealkylation sites (N-methyl/N-ethyl adjacent to an activating group) is 1. The van der Waals surface area contributed by atoms with Crippen LogP contribution in [0, 0.1) is 6.92 Å². The van der Waals surface area contributed by atoms with Gasteiger partial charge in [-0.3, -0.25) is 9.59 Å². The van der Waals surface area contributed by atoms with Crippen molar-refractivity contribution in [2.45, 2.75) is 6.92 Å². The van der Waals surface area contributed by atoms with Gasteiger partial charge in [0.2, 0.25) is 5.91 Å². The molecule has 0 atom stereocenters. The van der Waals surface area contributed by atoms with E-state index in [2.05, 4.69) is 5.32 Å². The molecule has 2 amide bonds. The van der Waals surface area contributed by atoms with Crippen LogP contribution >= 0.6 is 0 Å². The highest BCUT2D eigenvalue weighted by molar-refractivity contribution is 5.99. The summed E-state index contributed by atoms with van der Waals surface area (Å²) in [4.78, 5) is 25.8. The number of aryl methyl sites for hydroxylation is 1. The Bertz CT molecular complexity index is 713. The first-order valence-corrected chi connectivity index (χ1v) is 7.25. The van der Waals surface area contributed by atoms with Crippen LogP contribution in [-0.4, -0.2) is 37.4 Å². The third kappa shape index (κ3) is 4.57. The Morgan fingerprint density at radius 3 is 2.57 bits per heavy atom. The molecule has 0 aliphatic heterocycles. The van der Waals surface area contributed by atoms with Gasteiger partial charge in [-0.15, -0.1) is 0 Å². The molecule has 0 radical (unpaired) electrons. The number of nitrogens with one attached hydrogen (secondary N) is 1. The Hall–Kier alpha value is -2.82. The lowest BCUT2D eigenvalue weighted by molar-refractivity contribution is -0.116. The number of anilines is 1. The maximum atomic E-state index is 12.3. The Labute approximate surface area is 135 Å². The van der Waals surface area contributed by atoms with Crippen LogP contribution in [0.5, 0.6) is 5.75 Å². The third-order valence-electron chi connectivity index (χ3n) is 3.35. The highest BCUT2D eigenvalue weighted by Gasteiger charge is 2.15. The molecule has 1 N–H and O–H groups in total. The minimum absolute atomic E-state index is 0.0238. The number of nitrogens with zero attached hydrogens (tertiary/aromatic N) is 1. The van der Waals surface area contributed by atoms with Crippen molar-refractivity contribution >= 4 is 17.5 Å². The molecule has 2 aromatic rings. The molecular weight excluding hydrogens is 292 g/mol. The quantitative estimate of drug-likeness (QED) is 0.923. The minimum Gasteiger partial charge on any atom is -0.497 e. The highest BCUT2D eigenvalue weighted by atomic mass is 16.5. The first kappa shape index (κ1) is 16.5. The van der Waals surface area contributed by atoms with Crippen LogP contribution in [-0.2, 0) is 4.79 Å². The topological polar surface area (TPSA) is 58.6 Å². The number of amides is 2. The summed E-state index contributed by atoms with van der Waals surface area (Å²) in [6.07, 6.45) is 0. The van der Waals surface area contributed by atoms with E-state index in [1.165, 1.54) is 4.90 Å². The van der Waals surface area contributed by atoms with Gasteiger partial charge in [-0.05, 0) is 31.2 Å². The molecule has 23 heavy (non-hydrogen) atoms. The van der Waals surface area contributed by atoms with E-state index in [0.717, 1.165) is 5.56 Å². The van der Waals surface area contributed by atoms with Crippen molar-refractivity contribution in [3.63, 3.8) is 0 Å². The van der Waals surface area contributed by atoms with Crippen molar-refractivity contribution in [1.29, 1.82) is 0 Å². The summed E-state index contributed by atoms with van der Waals surface area (Å²) in [6, 6.07) is 14.4. The van der Waals surface area contributed by atoms with Crippen LogP contribution in [0.2, 0.25) is 0 Å². The van der Waals surface area contributed by atoms with Gasteiger partial charge in [0.15, 0.2) is 0 Å². The first-order chi connectivity index (χ1) is 11.0. The van der Waals surface area contributed by atoms with Gasteiger partial charge in [-0.25, -0.2) is 0 Å². The fraction of sp³-hybridized carbons (Fsp3) is 0.222. The molecular formula is C18H20N2O3. The molecule has 0 aliphatic rings. The SMILES string of the molecule is COc1cccc(NC(=O)CN(C)C(=O)c2cccc(C)c2)c1. The predicted molar refractivity (Wildman–Crippen MR) is 89.8 cm³/mol. The largest absolute Gasteiger partial charge is 0.497 e. The van der Waals surface area contributed by atoms with Crippen LogP contribution in [0.3, 0.4) is 0 Å². The van der Waals surface area contributed by atoms with E-state index >= 15 is 0 Å².